The molecule has 1 atom stereocenters. The Morgan fingerprint density at radius 1 is 1.40 bits per heavy atom. The van der Waals surface area contributed by atoms with Gasteiger partial charge in [0, 0.05) is 19.1 Å². The van der Waals surface area contributed by atoms with E-state index in [-0.39, 0.29) is 24.0 Å². The minimum atomic E-state index is -0.0473. The zero-order chi connectivity index (χ0) is 15.0. The van der Waals surface area contributed by atoms with Gasteiger partial charge >= 0.3 is 0 Å². The molecule has 0 aromatic heterocycles. The van der Waals surface area contributed by atoms with Gasteiger partial charge in [-0.3, -0.25) is 4.79 Å². The summed E-state index contributed by atoms with van der Waals surface area (Å²) in [7, 11) is 0. The van der Waals surface area contributed by atoms with Crippen LogP contribution in [-0.2, 0) is 9.53 Å². The molecule has 5 nitrogen and oxygen atoms in total. The van der Waals surface area contributed by atoms with E-state index in [1.165, 1.54) is 0 Å². The summed E-state index contributed by atoms with van der Waals surface area (Å²) in [6, 6.07) is -0.00104. The maximum absolute atomic E-state index is 11.9. The first-order valence-electron chi connectivity index (χ1n) is 7.66. The lowest BCUT2D eigenvalue weighted by Gasteiger charge is -2.31. The van der Waals surface area contributed by atoms with Gasteiger partial charge in [0.1, 0.15) is 0 Å². The van der Waals surface area contributed by atoms with Crippen molar-refractivity contribution in [3.8, 4) is 0 Å². The Balaban J connectivity index is 2.23. The molecule has 0 aliphatic carbocycles. The summed E-state index contributed by atoms with van der Waals surface area (Å²) < 4.78 is 5.73. The molecule has 0 bridgehead atoms. The van der Waals surface area contributed by atoms with Crippen molar-refractivity contribution < 1.29 is 14.6 Å². The van der Waals surface area contributed by atoms with E-state index >= 15 is 0 Å². The highest BCUT2D eigenvalue weighted by Crippen LogP contribution is 2.21. The molecule has 0 radical (unpaired) electrons. The molecule has 1 rings (SSSR count). The smallest absolute Gasteiger partial charge is 0.222 e. The second-order valence-electron chi connectivity index (χ2n) is 6.57. The van der Waals surface area contributed by atoms with Gasteiger partial charge in [-0.1, -0.05) is 20.8 Å². The standard InChI is InChI=1S/C15H30N2O3/c1-15(2,3)13(6-10-18)17-14(19)7-11-20-12-4-8-16-9-5-12/h12-13,16,18H,4-11H2,1-3H3,(H,17,19). The fourth-order valence-corrected chi connectivity index (χ4v) is 2.40. The van der Waals surface area contributed by atoms with Gasteiger partial charge in [0.05, 0.1) is 12.7 Å². The summed E-state index contributed by atoms with van der Waals surface area (Å²) in [5.41, 5.74) is -0.0473. The minimum absolute atomic E-state index is 0.00104. The molecular formula is C15H30N2O3. The van der Waals surface area contributed by atoms with E-state index < -0.39 is 0 Å². The van der Waals surface area contributed by atoms with Crippen LogP contribution in [0.2, 0.25) is 0 Å². The average Bonchev–Trinajstić information content (AvgIpc) is 2.38. The van der Waals surface area contributed by atoms with Gasteiger partial charge in [0.25, 0.3) is 0 Å². The van der Waals surface area contributed by atoms with E-state index in [1.807, 2.05) is 0 Å². The third-order valence-electron chi connectivity index (χ3n) is 3.77. The molecule has 1 aliphatic rings. The lowest BCUT2D eigenvalue weighted by Crippen LogP contribution is -2.44. The molecule has 20 heavy (non-hydrogen) atoms. The van der Waals surface area contributed by atoms with Crippen LogP contribution in [-0.4, -0.2) is 49.5 Å². The fourth-order valence-electron chi connectivity index (χ4n) is 2.40. The second-order valence-corrected chi connectivity index (χ2v) is 6.57. The van der Waals surface area contributed by atoms with Gasteiger partial charge in [0.15, 0.2) is 0 Å². The van der Waals surface area contributed by atoms with E-state index in [0.29, 0.717) is 25.6 Å². The molecule has 5 heteroatoms. The van der Waals surface area contributed by atoms with Crippen molar-refractivity contribution >= 4 is 5.91 Å². The monoisotopic (exact) mass is 286 g/mol. The average molecular weight is 286 g/mol. The van der Waals surface area contributed by atoms with Gasteiger partial charge in [-0.15, -0.1) is 0 Å². The zero-order valence-corrected chi connectivity index (χ0v) is 13.1. The van der Waals surface area contributed by atoms with Crippen LogP contribution in [0.25, 0.3) is 0 Å². The summed E-state index contributed by atoms with van der Waals surface area (Å²) in [6.07, 6.45) is 3.32. The van der Waals surface area contributed by atoms with E-state index in [1.54, 1.807) is 0 Å². The first kappa shape index (κ1) is 17.4. The van der Waals surface area contributed by atoms with Crippen molar-refractivity contribution in [2.75, 3.05) is 26.3 Å². The molecule has 0 spiro atoms. The highest BCUT2D eigenvalue weighted by Gasteiger charge is 2.25. The van der Waals surface area contributed by atoms with Crippen LogP contribution >= 0.6 is 0 Å². The van der Waals surface area contributed by atoms with Crippen molar-refractivity contribution in [3.63, 3.8) is 0 Å². The Bertz CT molecular complexity index is 283. The molecule has 0 aromatic rings. The highest BCUT2D eigenvalue weighted by molar-refractivity contribution is 5.76. The number of aliphatic hydroxyl groups is 1. The largest absolute Gasteiger partial charge is 0.396 e. The van der Waals surface area contributed by atoms with Crippen molar-refractivity contribution in [2.24, 2.45) is 5.41 Å². The molecule has 118 valence electrons. The van der Waals surface area contributed by atoms with Gasteiger partial charge < -0.3 is 20.5 Å². The molecule has 1 unspecified atom stereocenters. The Morgan fingerprint density at radius 3 is 2.60 bits per heavy atom. The maximum Gasteiger partial charge on any atom is 0.222 e. The molecule has 3 N–H and O–H groups in total. The van der Waals surface area contributed by atoms with Crippen LogP contribution in [0.1, 0.15) is 46.5 Å². The molecule has 1 amide bonds. The van der Waals surface area contributed by atoms with Crippen LogP contribution in [0, 0.1) is 5.41 Å². The Labute approximate surface area is 122 Å². The first-order chi connectivity index (χ1) is 9.43. The second kappa shape index (κ2) is 8.60. The Hall–Kier alpha value is -0.650. The topological polar surface area (TPSA) is 70.6 Å². The van der Waals surface area contributed by atoms with E-state index in [9.17, 15) is 4.79 Å². The number of nitrogens with one attached hydrogen (secondary N) is 2. The van der Waals surface area contributed by atoms with E-state index in [2.05, 4.69) is 31.4 Å². The summed E-state index contributed by atoms with van der Waals surface area (Å²) in [4.78, 5) is 11.9. The van der Waals surface area contributed by atoms with Crippen LogP contribution in [0.4, 0.5) is 0 Å². The van der Waals surface area contributed by atoms with Crippen LogP contribution in [0.5, 0.6) is 0 Å². The van der Waals surface area contributed by atoms with Crippen molar-refractivity contribution in [1.82, 2.24) is 10.6 Å². The number of piperidine rings is 1. The molecule has 1 aliphatic heterocycles. The maximum atomic E-state index is 11.9. The number of hydrogen-bond donors (Lipinski definition) is 3. The lowest BCUT2D eigenvalue weighted by atomic mass is 9.85. The van der Waals surface area contributed by atoms with Crippen LogP contribution < -0.4 is 10.6 Å². The molecular weight excluding hydrogens is 256 g/mol. The van der Waals surface area contributed by atoms with Gasteiger partial charge in [-0.2, -0.15) is 0 Å². The Morgan fingerprint density at radius 2 is 2.05 bits per heavy atom. The van der Waals surface area contributed by atoms with Gasteiger partial charge in [0.2, 0.25) is 5.91 Å². The molecule has 0 aromatic carbocycles. The first-order valence-corrected chi connectivity index (χ1v) is 7.66. The minimum Gasteiger partial charge on any atom is -0.396 e. The van der Waals surface area contributed by atoms with Crippen LogP contribution in [0.3, 0.4) is 0 Å². The SMILES string of the molecule is CC(C)(C)C(CCO)NC(=O)CCOC1CCNCC1. The van der Waals surface area contributed by atoms with Crippen molar-refractivity contribution in [2.45, 2.75) is 58.6 Å². The van der Waals surface area contributed by atoms with Gasteiger partial charge in [-0.05, 0) is 37.8 Å². The van der Waals surface area contributed by atoms with Crippen molar-refractivity contribution in [1.29, 1.82) is 0 Å². The predicted octanol–water partition coefficient (Wildman–Crippen LogP) is 1.06. The number of ether oxygens (including phenoxy) is 1. The van der Waals surface area contributed by atoms with Crippen LogP contribution in [0.15, 0.2) is 0 Å². The summed E-state index contributed by atoms with van der Waals surface area (Å²) in [5, 5.41) is 15.4. The number of carbonyl (C=O) groups excluding carboxylic acids is 1. The summed E-state index contributed by atoms with van der Waals surface area (Å²) in [5.74, 6) is 0.00677. The highest BCUT2D eigenvalue weighted by atomic mass is 16.5. The number of carbonyl (C=O) groups is 1. The fraction of sp³-hybridized carbons (Fsp3) is 0.933. The molecule has 1 heterocycles. The summed E-state index contributed by atoms with van der Waals surface area (Å²) >= 11 is 0. The molecule has 0 saturated carbocycles. The quantitative estimate of drug-likeness (QED) is 0.654. The third kappa shape index (κ3) is 6.68. The number of aliphatic hydroxyl groups excluding tert-OH is 1. The zero-order valence-electron chi connectivity index (χ0n) is 13.1. The number of rotatable bonds is 7. The normalized spacial score (nSPS) is 18.8. The molecule has 1 saturated heterocycles. The third-order valence-corrected chi connectivity index (χ3v) is 3.77. The predicted molar refractivity (Wildman–Crippen MR) is 79.5 cm³/mol. The number of amides is 1. The number of hydrogen-bond acceptors (Lipinski definition) is 4. The van der Waals surface area contributed by atoms with E-state index in [4.69, 9.17) is 9.84 Å². The summed E-state index contributed by atoms with van der Waals surface area (Å²) in [6.45, 7) is 8.77. The van der Waals surface area contributed by atoms with Crippen molar-refractivity contribution in [3.05, 3.63) is 0 Å². The Kier molecular flexibility index (Phi) is 7.48. The molecule has 1 fully saturated rings. The van der Waals surface area contributed by atoms with E-state index in [0.717, 1.165) is 25.9 Å². The lowest BCUT2D eigenvalue weighted by molar-refractivity contribution is -0.124. The van der Waals surface area contributed by atoms with Gasteiger partial charge in [-0.25, -0.2) is 0 Å².